The van der Waals surface area contributed by atoms with Crippen LogP contribution < -0.4 is 0 Å². The molecule has 35 heteroatoms. The van der Waals surface area contributed by atoms with Gasteiger partial charge in [0.25, 0.3) is 0 Å². The fraction of sp³-hybridized carbons (Fsp3) is 0.229. The second kappa shape index (κ2) is 71.6. The van der Waals surface area contributed by atoms with Crippen LogP contribution in [0, 0.1) is 132 Å². The SMILES string of the molecule is Cc1ccccn1.Cc1cccnc1.Cc1cccnn1.Cc1ccco1.Cc1cccs1.Cc1ccn[nH]1.Cc1ccno1.Cc1ccoc1.Cc1ccon1.Cc1ccsc1.Cc1cn[nH]c1.Cc1cn[nH]n1.Cc1cncnc1.Cc1cnco1.Cc1cncs1.Cc1ncc[nH]1.Cc1nccs1.Cc1ncn[nH]1.Cc1nncs1. The van der Waals surface area contributed by atoms with Crippen LogP contribution in [0.5, 0.6) is 0 Å². The lowest BCUT2D eigenvalue weighted by molar-refractivity contribution is 0.397. The Hall–Kier alpha value is -13.2. The van der Waals surface area contributed by atoms with Crippen LogP contribution in [0.4, 0.5) is 0 Å². The predicted octanol–water partition coefficient (Wildman–Crippen LogP) is 20.7. The molecule has 0 bridgehead atoms. The zero-order valence-corrected chi connectivity index (χ0v) is 74.1. The number of pyridine rings is 2. The van der Waals surface area contributed by atoms with Gasteiger partial charge in [0, 0.05) is 113 Å². The normalized spacial score (nSPS) is 8.81. The molecule has 0 spiro atoms. The average Bonchev–Trinajstić information content (AvgIpc) is 1.96. The average molecular weight is 1700 g/mol. The van der Waals surface area contributed by atoms with Gasteiger partial charge in [-0.1, -0.05) is 28.5 Å². The Bertz CT molecular complexity index is 3810. The molecule has 19 heterocycles. The van der Waals surface area contributed by atoms with Gasteiger partial charge in [-0.25, -0.2) is 24.9 Å². The summed E-state index contributed by atoms with van der Waals surface area (Å²) in [6, 6.07) is 31.1. The summed E-state index contributed by atoms with van der Waals surface area (Å²) in [6.45, 7) is 37.1. The van der Waals surface area contributed by atoms with Crippen LogP contribution in [-0.4, -0.2) is 127 Å². The van der Waals surface area contributed by atoms with E-state index in [9.17, 15) is 0 Å². The highest BCUT2D eigenvalue weighted by Gasteiger charge is 1.86. The molecule has 19 aromatic rings. The van der Waals surface area contributed by atoms with Crippen LogP contribution >= 0.6 is 56.7 Å². The van der Waals surface area contributed by atoms with Crippen molar-refractivity contribution in [1.29, 1.82) is 0 Å². The van der Waals surface area contributed by atoms with Crippen molar-refractivity contribution >= 4 is 56.7 Å². The molecule has 0 aliphatic rings. The Morgan fingerprint density at radius 2 is 1.19 bits per heavy atom. The lowest BCUT2D eigenvalue weighted by atomic mass is 10.3. The molecule has 624 valence electrons. The summed E-state index contributed by atoms with van der Waals surface area (Å²) < 4.78 is 23.3. The zero-order chi connectivity index (χ0) is 86.5. The molecule has 0 unspecified atom stereocenters. The van der Waals surface area contributed by atoms with Gasteiger partial charge in [0.2, 0.25) is 0 Å². The number of H-pyrrole nitrogens is 5. The van der Waals surface area contributed by atoms with Crippen LogP contribution in [0.1, 0.15) is 105 Å². The second-order valence-corrected chi connectivity index (χ2v) is 28.4. The number of hydrogen-bond acceptors (Lipinski definition) is 30. The quantitative estimate of drug-likeness (QED) is 0.0941. The molecule has 118 heavy (non-hydrogen) atoms. The molecular formula is C83H107N25O5S5. The van der Waals surface area contributed by atoms with Gasteiger partial charge in [0.1, 0.15) is 58.4 Å². The Kier molecular flexibility index (Phi) is 62.3. The third kappa shape index (κ3) is 69.5. The fourth-order valence-electron chi connectivity index (χ4n) is 6.18. The number of rotatable bonds is 0. The summed E-state index contributed by atoms with van der Waals surface area (Å²) >= 11 is 8.41. The number of oxazole rings is 1. The number of furan rings is 2. The van der Waals surface area contributed by atoms with E-state index in [0.29, 0.717) is 0 Å². The minimum Gasteiger partial charge on any atom is -0.472 e. The van der Waals surface area contributed by atoms with Crippen molar-refractivity contribution in [3.05, 3.63) is 378 Å². The van der Waals surface area contributed by atoms with E-state index in [4.69, 9.17) is 13.3 Å². The van der Waals surface area contributed by atoms with Crippen LogP contribution in [-0.2, 0) is 0 Å². The van der Waals surface area contributed by atoms with Gasteiger partial charge in [0.05, 0.1) is 71.2 Å². The van der Waals surface area contributed by atoms with Crippen molar-refractivity contribution in [3.63, 3.8) is 0 Å². The number of nitrogens with one attached hydrogen (secondary N) is 5. The summed E-state index contributed by atoms with van der Waals surface area (Å²) in [6.07, 6.45) is 39.1. The molecule has 19 aromatic heterocycles. The molecule has 0 atom stereocenters. The first kappa shape index (κ1) is 103. The van der Waals surface area contributed by atoms with Crippen LogP contribution in [0.2, 0.25) is 0 Å². The van der Waals surface area contributed by atoms with Crippen molar-refractivity contribution in [2.45, 2.75) is 132 Å². The largest absolute Gasteiger partial charge is 0.472 e. The van der Waals surface area contributed by atoms with Gasteiger partial charge in [-0.2, -0.15) is 52.2 Å². The van der Waals surface area contributed by atoms with Crippen LogP contribution in [0.15, 0.2) is 295 Å². The van der Waals surface area contributed by atoms with E-state index < -0.39 is 0 Å². The number of imidazole rings is 1. The number of thiazole rings is 2. The van der Waals surface area contributed by atoms with Crippen molar-refractivity contribution in [1.82, 2.24) is 127 Å². The summed E-state index contributed by atoms with van der Waals surface area (Å²) in [7, 11) is 0. The smallest absolute Gasteiger partial charge is 0.180 e. The molecule has 0 aliphatic heterocycles. The number of aryl methyl sites for hydroxylation is 19. The first-order valence-electron chi connectivity index (χ1n) is 35.7. The highest BCUT2D eigenvalue weighted by Crippen LogP contribution is 2.05. The summed E-state index contributed by atoms with van der Waals surface area (Å²) in [5.41, 5.74) is 14.6. The van der Waals surface area contributed by atoms with Gasteiger partial charge in [-0.15, -0.1) is 55.5 Å². The maximum absolute atomic E-state index is 4.83. The van der Waals surface area contributed by atoms with Gasteiger partial charge < -0.3 is 27.3 Å². The van der Waals surface area contributed by atoms with Gasteiger partial charge >= 0.3 is 0 Å². The van der Waals surface area contributed by atoms with Crippen molar-refractivity contribution in [3.8, 4) is 0 Å². The number of nitrogens with zero attached hydrogens (tertiary/aromatic N) is 20. The van der Waals surface area contributed by atoms with Gasteiger partial charge in [0.15, 0.2) is 6.39 Å². The van der Waals surface area contributed by atoms with Crippen molar-refractivity contribution in [2.75, 3.05) is 0 Å². The van der Waals surface area contributed by atoms with E-state index in [-0.39, 0.29) is 0 Å². The highest BCUT2D eigenvalue weighted by atomic mass is 32.1. The summed E-state index contributed by atoms with van der Waals surface area (Å²) in [4.78, 5) is 40.0. The Morgan fingerprint density at radius 1 is 0.390 bits per heavy atom. The topological polar surface area (TPSA) is 402 Å². The molecule has 0 saturated heterocycles. The molecular weight excluding hydrogens is 1590 g/mol. The minimum atomic E-state index is 0.856. The monoisotopic (exact) mass is 1690 g/mol. The van der Waals surface area contributed by atoms with E-state index in [1.165, 1.54) is 51.1 Å². The predicted molar refractivity (Wildman–Crippen MR) is 471 cm³/mol. The number of aromatic nitrogens is 25. The fourth-order valence-corrected chi connectivity index (χ4v) is 8.56. The molecule has 0 radical (unpaired) electrons. The van der Waals surface area contributed by atoms with E-state index in [1.807, 2.05) is 214 Å². The second-order valence-electron chi connectivity index (χ2n) is 23.2. The van der Waals surface area contributed by atoms with Crippen molar-refractivity contribution < 1.29 is 22.3 Å². The molecule has 0 fully saturated rings. The first-order valence-corrected chi connectivity index (χ1v) is 40.2. The first-order chi connectivity index (χ1) is 57.0. The van der Waals surface area contributed by atoms with Gasteiger partial charge in [-0.3, -0.25) is 35.2 Å². The Balaban J connectivity index is 0.000000623. The van der Waals surface area contributed by atoms with Crippen molar-refractivity contribution in [2.24, 2.45) is 0 Å². The third-order valence-electron chi connectivity index (χ3n) is 11.9. The van der Waals surface area contributed by atoms with E-state index in [1.54, 1.807) is 180 Å². The molecule has 5 N–H and O–H groups in total. The van der Waals surface area contributed by atoms with Gasteiger partial charge in [-0.05, 0) is 242 Å². The van der Waals surface area contributed by atoms with E-state index in [0.717, 1.165) is 73.0 Å². The molecule has 30 nitrogen and oxygen atoms in total. The Labute approximate surface area is 710 Å². The standard InChI is InChI=1S/2C6H7N.2C5H6N2.2C5H6O.2C5H6S.3C4H6N2.3C4H5NO.2C4H5NS.2C3H5N3.C3H4N2S/c1-6-3-2-4-7-5-6;1-6-4-2-3-5-7-6;1-5-2-6-4-7-3-5;1-5-3-2-4-6-7-5;1-5-2-3-6-4-5;1-5-3-2-4-6-5;1-5-2-3-6-4-5;1-5-3-2-4-6-5;1-4-2-5-6-3-4;1-4-5-2-3-6-4;1-4-2-3-5-6-4;1-4-2-5-3-6-4;1-4-2-3-6-5-4;1-4-2-3-5-6-4;1-4-2-5-3-6-4;1-4-5-2-3-6-4;1-3-4-2-5-6-3;1-3-2-4-6-5-3;1-3-5-4-2-6-3/h2*2-5H,1H3;2*2-4H,1H3;4*2-4H,1H3;3*2-3H,1H3,(H,5,6);5*2-3H,1H3;2*2H,1H3,(H,4,5,6);2H,1H3. The third-order valence-corrected chi connectivity index (χ3v) is 15.6. The molecule has 0 aromatic carbocycles. The summed E-state index contributed by atoms with van der Waals surface area (Å²) in [5.74, 6) is 4.50. The molecule has 0 saturated carbocycles. The lowest BCUT2D eigenvalue weighted by Gasteiger charge is -1.82. The number of hydrogen-bond donors (Lipinski definition) is 5. The maximum atomic E-state index is 4.83. The zero-order valence-electron chi connectivity index (χ0n) is 70.0. The molecule has 0 aliphatic carbocycles. The molecule has 19 rings (SSSR count). The number of aromatic amines is 5. The van der Waals surface area contributed by atoms with Crippen LogP contribution in [0.3, 0.4) is 0 Å². The highest BCUT2D eigenvalue weighted by molar-refractivity contribution is 7.10. The summed E-state index contributed by atoms with van der Waals surface area (Å²) in [5, 5.41) is 60.8. The lowest BCUT2D eigenvalue weighted by Crippen LogP contribution is -1.79. The van der Waals surface area contributed by atoms with E-state index >= 15 is 0 Å². The maximum Gasteiger partial charge on any atom is 0.180 e. The van der Waals surface area contributed by atoms with Crippen LogP contribution in [0.25, 0.3) is 0 Å². The Morgan fingerprint density at radius 3 is 1.38 bits per heavy atom. The number of thiophene rings is 2. The van der Waals surface area contributed by atoms with E-state index in [2.05, 4.69) is 184 Å². The molecule has 0 amide bonds. The minimum absolute atomic E-state index is 0.856.